The number of nitrogen functional groups attached to an aromatic ring is 1. The van der Waals surface area contributed by atoms with E-state index in [0.717, 1.165) is 4.47 Å². The van der Waals surface area contributed by atoms with Crippen molar-refractivity contribution in [3.05, 3.63) is 22.7 Å². The van der Waals surface area contributed by atoms with E-state index in [1.54, 1.807) is 32.0 Å². The predicted octanol–water partition coefficient (Wildman–Crippen LogP) is 1.69. The summed E-state index contributed by atoms with van der Waals surface area (Å²) in [4.78, 5) is 0. The molecule has 0 radical (unpaired) electrons. The highest BCUT2D eigenvalue weighted by molar-refractivity contribution is 9.10. The third-order valence-electron chi connectivity index (χ3n) is 1.64. The molecule has 4 N–H and O–H groups in total. The Kier molecular flexibility index (Phi) is 4.17. The molecular weight excluding hydrogens is 294 g/mol. The normalized spacial score (nSPS) is 11.8. The molecule has 1 aromatic carbocycles. The SMILES string of the molecule is CC(C)NS(=O)(=O)Nc1ccc(Br)c(N)c1. The maximum Gasteiger partial charge on any atom is 0.299 e. The van der Waals surface area contributed by atoms with Crippen LogP contribution in [0.5, 0.6) is 0 Å². The summed E-state index contributed by atoms with van der Waals surface area (Å²) in [6, 6.07) is 4.69. The van der Waals surface area contributed by atoms with Gasteiger partial charge in [-0.2, -0.15) is 13.1 Å². The van der Waals surface area contributed by atoms with E-state index in [1.165, 1.54) is 0 Å². The molecule has 0 saturated heterocycles. The number of nitrogens with two attached hydrogens (primary N) is 1. The summed E-state index contributed by atoms with van der Waals surface area (Å²) in [5.41, 5.74) is 6.54. The second-order valence-electron chi connectivity index (χ2n) is 3.61. The number of benzene rings is 1. The van der Waals surface area contributed by atoms with Gasteiger partial charge >= 0.3 is 0 Å². The van der Waals surface area contributed by atoms with Crippen molar-refractivity contribution in [2.24, 2.45) is 0 Å². The Labute approximate surface area is 104 Å². The lowest BCUT2D eigenvalue weighted by molar-refractivity contribution is 0.575. The number of rotatable bonds is 4. The Morgan fingerprint density at radius 3 is 2.50 bits per heavy atom. The van der Waals surface area contributed by atoms with Gasteiger partial charge in [-0.25, -0.2) is 0 Å². The predicted molar refractivity (Wildman–Crippen MR) is 69.4 cm³/mol. The van der Waals surface area contributed by atoms with Crippen LogP contribution in [0.1, 0.15) is 13.8 Å². The summed E-state index contributed by atoms with van der Waals surface area (Å²) in [6.07, 6.45) is 0. The van der Waals surface area contributed by atoms with E-state index in [1.807, 2.05) is 0 Å². The monoisotopic (exact) mass is 307 g/mol. The van der Waals surface area contributed by atoms with Crippen LogP contribution in [0.3, 0.4) is 0 Å². The molecule has 90 valence electrons. The summed E-state index contributed by atoms with van der Waals surface area (Å²) in [5.74, 6) is 0. The van der Waals surface area contributed by atoms with E-state index < -0.39 is 10.2 Å². The highest BCUT2D eigenvalue weighted by Gasteiger charge is 2.11. The highest BCUT2D eigenvalue weighted by atomic mass is 79.9. The molecule has 0 aliphatic rings. The van der Waals surface area contributed by atoms with Crippen LogP contribution in [-0.2, 0) is 10.2 Å². The van der Waals surface area contributed by atoms with E-state index in [4.69, 9.17) is 5.73 Å². The zero-order chi connectivity index (χ0) is 12.3. The van der Waals surface area contributed by atoms with Gasteiger partial charge < -0.3 is 5.73 Å². The first-order valence-corrected chi connectivity index (χ1v) is 6.93. The molecule has 0 heterocycles. The summed E-state index contributed by atoms with van der Waals surface area (Å²) >= 11 is 3.23. The van der Waals surface area contributed by atoms with Crippen LogP contribution in [0.2, 0.25) is 0 Å². The zero-order valence-electron chi connectivity index (χ0n) is 8.99. The Morgan fingerprint density at radius 1 is 1.38 bits per heavy atom. The van der Waals surface area contributed by atoms with Gasteiger partial charge in [0.25, 0.3) is 10.2 Å². The fourth-order valence-electron chi connectivity index (χ4n) is 1.10. The minimum absolute atomic E-state index is 0.162. The van der Waals surface area contributed by atoms with E-state index in [-0.39, 0.29) is 6.04 Å². The van der Waals surface area contributed by atoms with Crippen molar-refractivity contribution >= 4 is 37.5 Å². The van der Waals surface area contributed by atoms with E-state index >= 15 is 0 Å². The molecule has 0 aliphatic heterocycles. The van der Waals surface area contributed by atoms with Crippen molar-refractivity contribution < 1.29 is 8.42 Å². The summed E-state index contributed by atoms with van der Waals surface area (Å²) in [5, 5.41) is 0. The van der Waals surface area contributed by atoms with Crippen LogP contribution < -0.4 is 15.2 Å². The van der Waals surface area contributed by atoms with Crippen molar-refractivity contribution in [2.45, 2.75) is 19.9 Å². The summed E-state index contributed by atoms with van der Waals surface area (Å²) in [7, 11) is -3.53. The Balaban J connectivity index is 2.84. The molecule has 0 saturated carbocycles. The van der Waals surface area contributed by atoms with Crippen molar-refractivity contribution in [2.75, 3.05) is 10.5 Å². The van der Waals surface area contributed by atoms with Gasteiger partial charge in [0.1, 0.15) is 0 Å². The molecule has 7 heteroatoms. The molecule has 0 unspecified atom stereocenters. The van der Waals surface area contributed by atoms with Crippen LogP contribution >= 0.6 is 15.9 Å². The number of anilines is 2. The smallest absolute Gasteiger partial charge is 0.299 e. The van der Waals surface area contributed by atoms with Gasteiger partial charge in [-0.1, -0.05) is 0 Å². The van der Waals surface area contributed by atoms with Crippen LogP contribution in [0.15, 0.2) is 22.7 Å². The largest absolute Gasteiger partial charge is 0.398 e. The first-order valence-electron chi connectivity index (χ1n) is 4.65. The molecule has 0 aromatic heterocycles. The average molecular weight is 308 g/mol. The van der Waals surface area contributed by atoms with Crippen molar-refractivity contribution in [3.63, 3.8) is 0 Å². The van der Waals surface area contributed by atoms with E-state index in [0.29, 0.717) is 11.4 Å². The Hall–Kier alpha value is -0.790. The summed E-state index contributed by atoms with van der Waals surface area (Å²) < 4.78 is 28.6. The number of nitrogens with one attached hydrogen (secondary N) is 2. The van der Waals surface area contributed by atoms with Gasteiger partial charge in [0.15, 0.2) is 0 Å². The molecule has 16 heavy (non-hydrogen) atoms. The van der Waals surface area contributed by atoms with E-state index in [9.17, 15) is 8.42 Å². The lowest BCUT2D eigenvalue weighted by Crippen LogP contribution is -2.35. The molecule has 0 aliphatic carbocycles. The Morgan fingerprint density at radius 2 is 2.00 bits per heavy atom. The standard InChI is InChI=1S/C9H14BrN3O2S/c1-6(2)12-16(14,15)13-7-3-4-8(10)9(11)5-7/h3-6,12-13H,11H2,1-2H3. The molecule has 0 spiro atoms. The molecule has 0 atom stereocenters. The second kappa shape index (κ2) is 5.03. The molecule has 0 fully saturated rings. The van der Waals surface area contributed by atoms with Crippen LogP contribution in [0.4, 0.5) is 11.4 Å². The lowest BCUT2D eigenvalue weighted by Gasteiger charge is -2.12. The quantitative estimate of drug-likeness (QED) is 0.740. The van der Waals surface area contributed by atoms with Crippen LogP contribution in [-0.4, -0.2) is 14.5 Å². The number of hydrogen-bond acceptors (Lipinski definition) is 3. The molecule has 0 bridgehead atoms. The fraction of sp³-hybridized carbons (Fsp3) is 0.333. The third-order valence-corrected chi connectivity index (χ3v) is 3.65. The molecule has 5 nitrogen and oxygen atoms in total. The third kappa shape index (κ3) is 3.99. The number of hydrogen-bond donors (Lipinski definition) is 3. The Bertz CT molecular complexity index is 474. The zero-order valence-corrected chi connectivity index (χ0v) is 11.4. The van der Waals surface area contributed by atoms with Crippen molar-refractivity contribution in [3.8, 4) is 0 Å². The summed E-state index contributed by atoms with van der Waals surface area (Å²) in [6.45, 7) is 3.49. The molecule has 0 amide bonds. The topological polar surface area (TPSA) is 84.2 Å². The average Bonchev–Trinajstić information content (AvgIpc) is 2.08. The molecule has 1 rings (SSSR count). The van der Waals surface area contributed by atoms with Gasteiger partial charge in [-0.05, 0) is 48.0 Å². The van der Waals surface area contributed by atoms with E-state index in [2.05, 4.69) is 25.4 Å². The minimum Gasteiger partial charge on any atom is -0.398 e. The van der Waals surface area contributed by atoms with Crippen molar-refractivity contribution in [1.82, 2.24) is 4.72 Å². The molecule has 1 aromatic rings. The maximum atomic E-state index is 11.5. The minimum atomic E-state index is -3.53. The van der Waals surface area contributed by atoms with Crippen molar-refractivity contribution in [1.29, 1.82) is 0 Å². The maximum absolute atomic E-state index is 11.5. The van der Waals surface area contributed by atoms with Gasteiger partial charge in [0, 0.05) is 16.2 Å². The lowest BCUT2D eigenvalue weighted by atomic mass is 10.3. The second-order valence-corrected chi connectivity index (χ2v) is 5.92. The number of halogens is 1. The fourth-order valence-corrected chi connectivity index (χ4v) is 2.47. The van der Waals surface area contributed by atoms with Gasteiger partial charge in [0.2, 0.25) is 0 Å². The van der Waals surface area contributed by atoms with Gasteiger partial charge in [-0.15, -0.1) is 0 Å². The van der Waals surface area contributed by atoms with Crippen LogP contribution in [0, 0.1) is 0 Å². The van der Waals surface area contributed by atoms with Gasteiger partial charge in [0.05, 0.1) is 5.69 Å². The highest BCUT2D eigenvalue weighted by Crippen LogP contribution is 2.23. The molecular formula is C9H14BrN3O2S. The van der Waals surface area contributed by atoms with Gasteiger partial charge in [-0.3, -0.25) is 4.72 Å². The first kappa shape index (κ1) is 13.3. The van der Waals surface area contributed by atoms with Crippen LogP contribution in [0.25, 0.3) is 0 Å². The first-order chi connectivity index (χ1) is 7.30.